The van der Waals surface area contributed by atoms with E-state index in [-0.39, 0.29) is 37.1 Å². The van der Waals surface area contributed by atoms with Gasteiger partial charge in [0.15, 0.2) is 5.76 Å². The van der Waals surface area contributed by atoms with Crippen LogP contribution in [-0.2, 0) is 4.79 Å². The van der Waals surface area contributed by atoms with Gasteiger partial charge in [-0.1, -0.05) is 6.42 Å². The SMILES string of the molecule is O=C(CCNC(=O)c1ccco1)NCC1CCCC1CO. The zero-order valence-corrected chi connectivity index (χ0v) is 12.0. The van der Waals surface area contributed by atoms with Gasteiger partial charge in [0, 0.05) is 26.1 Å². The lowest BCUT2D eigenvalue weighted by Gasteiger charge is -2.17. The summed E-state index contributed by atoms with van der Waals surface area (Å²) in [4.78, 5) is 23.3. The van der Waals surface area contributed by atoms with Crippen LogP contribution in [0.2, 0.25) is 0 Å². The smallest absolute Gasteiger partial charge is 0.286 e. The molecule has 1 aromatic rings. The van der Waals surface area contributed by atoms with E-state index in [9.17, 15) is 14.7 Å². The highest BCUT2D eigenvalue weighted by molar-refractivity contribution is 5.91. The first-order valence-corrected chi connectivity index (χ1v) is 7.40. The number of furan rings is 1. The molecular weight excluding hydrogens is 272 g/mol. The summed E-state index contributed by atoms with van der Waals surface area (Å²) in [6, 6.07) is 3.21. The number of hydrogen-bond donors (Lipinski definition) is 3. The van der Waals surface area contributed by atoms with Gasteiger partial charge in [0.05, 0.1) is 6.26 Å². The molecule has 2 amide bonds. The average molecular weight is 294 g/mol. The lowest BCUT2D eigenvalue weighted by molar-refractivity contribution is -0.121. The molecule has 1 saturated carbocycles. The Morgan fingerprint density at radius 3 is 2.81 bits per heavy atom. The van der Waals surface area contributed by atoms with E-state index < -0.39 is 0 Å². The van der Waals surface area contributed by atoms with Crippen molar-refractivity contribution >= 4 is 11.8 Å². The molecule has 0 aliphatic heterocycles. The number of carbonyl (C=O) groups is 2. The predicted octanol–water partition coefficient (Wildman–Crippen LogP) is 0.924. The molecule has 6 nitrogen and oxygen atoms in total. The van der Waals surface area contributed by atoms with Gasteiger partial charge in [-0.25, -0.2) is 0 Å². The summed E-state index contributed by atoms with van der Waals surface area (Å²) in [6.07, 6.45) is 4.88. The standard InChI is InChI=1S/C15H22N2O4/c18-10-12-4-1-3-11(12)9-17-14(19)6-7-16-15(20)13-5-2-8-21-13/h2,5,8,11-12,18H,1,3-4,6-7,9-10H2,(H,16,20)(H,17,19). The monoisotopic (exact) mass is 294 g/mol. The molecule has 1 aliphatic carbocycles. The van der Waals surface area contributed by atoms with Gasteiger partial charge in [-0.3, -0.25) is 9.59 Å². The van der Waals surface area contributed by atoms with Crippen LogP contribution in [-0.4, -0.2) is 36.6 Å². The third-order valence-corrected chi connectivity index (χ3v) is 4.00. The molecular formula is C15H22N2O4. The Balaban J connectivity index is 1.60. The quantitative estimate of drug-likeness (QED) is 0.697. The van der Waals surface area contributed by atoms with E-state index in [2.05, 4.69) is 10.6 Å². The summed E-state index contributed by atoms with van der Waals surface area (Å²) in [5.74, 6) is 0.523. The first-order valence-electron chi connectivity index (χ1n) is 7.40. The van der Waals surface area contributed by atoms with Crippen molar-refractivity contribution in [3.05, 3.63) is 24.2 Å². The maximum atomic E-state index is 11.7. The topological polar surface area (TPSA) is 91.6 Å². The summed E-state index contributed by atoms with van der Waals surface area (Å²) in [7, 11) is 0. The van der Waals surface area contributed by atoms with E-state index in [0.29, 0.717) is 18.4 Å². The molecule has 0 radical (unpaired) electrons. The highest BCUT2D eigenvalue weighted by Crippen LogP contribution is 2.30. The summed E-state index contributed by atoms with van der Waals surface area (Å²) in [6.45, 7) is 1.08. The van der Waals surface area contributed by atoms with Crippen molar-refractivity contribution in [1.29, 1.82) is 0 Å². The molecule has 1 heterocycles. The molecule has 1 fully saturated rings. The lowest BCUT2D eigenvalue weighted by atomic mass is 9.97. The third-order valence-electron chi connectivity index (χ3n) is 4.00. The molecule has 0 aromatic carbocycles. The first kappa shape index (κ1) is 15.6. The molecule has 3 N–H and O–H groups in total. The van der Waals surface area contributed by atoms with E-state index in [1.54, 1.807) is 12.1 Å². The van der Waals surface area contributed by atoms with E-state index in [4.69, 9.17) is 4.42 Å². The molecule has 116 valence electrons. The normalized spacial score (nSPS) is 21.2. The number of aliphatic hydroxyl groups is 1. The van der Waals surface area contributed by atoms with Gasteiger partial charge in [0.25, 0.3) is 5.91 Å². The number of rotatable bonds is 7. The van der Waals surface area contributed by atoms with Crippen LogP contribution < -0.4 is 10.6 Å². The molecule has 0 saturated heterocycles. The van der Waals surface area contributed by atoms with E-state index in [1.807, 2.05) is 0 Å². The summed E-state index contributed by atoms with van der Waals surface area (Å²) >= 11 is 0. The van der Waals surface area contributed by atoms with Crippen LogP contribution in [0, 0.1) is 11.8 Å². The lowest BCUT2D eigenvalue weighted by Crippen LogP contribution is -2.34. The fourth-order valence-corrected chi connectivity index (χ4v) is 2.74. The Labute approximate surface area is 123 Å². The van der Waals surface area contributed by atoms with Crippen LogP contribution >= 0.6 is 0 Å². The summed E-state index contributed by atoms with van der Waals surface area (Å²) in [5.41, 5.74) is 0. The molecule has 0 spiro atoms. The second-order valence-electron chi connectivity index (χ2n) is 5.42. The van der Waals surface area contributed by atoms with Crippen LogP contribution in [0.4, 0.5) is 0 Å². The minimum Gasteiger partial charge on any atom is -0.459 e. The van der Waals surface area contributed by atoms with Crippen molar-refractivity contribution in [3.8, 4) is 0 Å². The molecule has 0 bridgehead atoms. The zero-order valence-electron chi connectivity index (χ0n) is 12.0. The van der Waals surface area contributed by atoms with Crippen LogP contribution in [0.15, 0.2) is 22.8 Å². The highest BCUT2D eigenvalue weighted by Gasteiger charge is 2.26. The van der Waals surface area contributed by atoms with E-state index in [1.165, 1.54) is 6.26 Å². The van der Waals surface area contributed by atoms with Gasteiger partial charge in [-0.05, 0) is 36.8 Å². The van der Waals surface area contributed by atoms with Gasteiger partial charge in [0.1, 0.15) is 0 Å². The average Bonchev–Trinajstić information content (AvgIpc) is 3.15. The molecule has 2 unspecified atom stereocenters. The second-order valence-corrected chi connectivity index (χ2v) is 5.42. The number of nitrogens with one attached hydrogen (secondary N) is 2. The fraction of sp³-hybridized carbons (Fsp3) is 0.600. The third kappa shape index (κ3) is 4.60. The molecule has 2 atom stereocenters. The largest absolute Gasteiger partial charge is 0.459 e. The second kappa shape index (κ2) is 7.83. The van der Waals surface area contributed by atoms with Crippen molar-refractivity contribution in [2.24, 2.45) is 11.8 Å². The Kier molecular flexibility index (Phi) is 5.80. The van der Waals surface area contributed by atoms with Crippen molar-refractivity contribution in [1.82, 2.24) is 10.6 Å². The number of carbonyl (C=O) groups excluding carboxylic acids is 2. The Hall–Kier alpha value is -1.82. The van der Waals surface area contributed by atoms with E-state index >= 15 is 0 Å². The van der Waals surface area contributed by atoms with Crippen LogP contribution in [0.3, 0.4) is 0 Å². The van der Waals surface area contributed by atoms with Gasteiger partial charge >= 0.3 is 0 Å². The first-order chi connectivity index (χ1) is 10.2. The Bertz CT molecular complexity index is 458. The summed E-state index contributed by atoms with van der Waals surface area (Å²) in [5, 5.41) is 14.7. The molecule has 1 aromatic heterocycles. The minimum atomic E-state index is -0.316. The minimum absolute atomic E-state index is 0.0849. The molecule has 2 rings (SSSR count). The van der Waals surface area contributed by atoms with Crippen LogP contribution in [0.5, 0.6) is 0 Å². The van der Waals surface area contributed by atoms with Crippen molar-refractivity contribution in [2.45, 2.75) is 25.7 Å². The highest BCUT2D eigenvalue weighted by atomic mass is 16.3. The van der Waals surface area contributed by atoms with Gasteiger partial charge in [-0.2, -0.15) is 0 Å². The van der Waals surface area contributed by atoms with Crippen molar-refractivity contribution < 1.29 is 19.1 Å². The predicted molar refractivity (Wildman–Crippen MR) is 76.6 cm³/mol. The van der Waals surface area contributed by atoms with Crippen LogP contribution in [0.1, 0.15) is 36.2 Å². The van der Waals surface area contributed by atoms with E-state index in [0.717, 1.165) is 19.3 Å². The van der Waals surface area contributed by atoms with Gasteiger partial charge in [0.2, 0.25) is 5.91 Å². The van der Waals surface area contributed by atoms with Gasteiger partial charge < -0.3 is 20.2 Å². The Morgan fingerprint density at radius 2 is 2.10 bits per heavy atom. The molecule has 1 aliphatic rings. The number of amides is 2. The van der Waals surface area contributed by atoms with Crippen LogP contribution in [0.25, 0.3) is 0 Å². The van der Waals surface area contributed by atoms with Crippen molar-refractivity contribution in [2.75, 3.05) is 19.7 Å². The molecule has 21 heavy (non-hydrogen) atoms. The summed E-state index contributed by atoms with van der Waals surface area (Å²) < 4.78 is 4.96. The molecule has 6 heteroatoms. The zero-order chi connectivity index (χ0) is 15.1. The number of hydrogen-bond acceptors (Lipinski definition) is 4. The maximum absolute atomic E-state index is 11.7. The fourth-order valence-electron chi connectivity index (χ4n) is 2.74. The van der Waals surface area contributed by atoms with Crippen molar-refractivity contribution in [3.63, 3.8) is 0 Å². The Morgan fingerprint density at radius 1 is 1.29 bits per heavy atom. The number of aliphatic hydroxyl groups excluding tert-OH is 1. The van der Waals surface area contributed by atoms with Gasteiger partial charge in [-0.15, -0.1) is 0 Å². The maximum Gasteiger partial charge on any atom is 0.286 e.